The first-order chi connectivity index (χ1) is 16.6. The number of imidazole rings is 1. The second-order valence-corrected chi connectivity index (χ2v) is 10.6. The van der Waals surface area contributed by atoms with Gasteiger partial charge in [0, 0.05) is 12.0 Å². The van der Waals surface area contributed by atoms with Crippen molar-refractivity contribution in [2.75, 3.05) is 0 Å². The van der Waals surface area contributed by atoms with Crippen molar-refractivity contribution in [1.29, 1.82) is 0 Å². The largest absolute Gasteiger partial charge is 0.293 e. The summed E-state index contributed by atoms with van der Waals surface area (Å²) in [6, 6.07) is 29.8. The van der Waals surface area contributed by atoms with Gasteiger partial charge >= 0.3 is 0 Å². The zero-order valence-corrected chi connectivity index (χ0v) is 19.3. The maximum Gasteiger partial charge on any atom is 0.210 e. The Kier molecular flexibility index (Phi) is 3.89. The molecule has 6 aromatic rings. The average Bonchev–Trinajstić information content (AvgIpc) is 3.26. The minimum atomic E-state index is -3.69. The SMILES string of the molecule is CCc1nc2cccc3c2n1-c1c(-c2cc4ccccc4c4ccccc24)cccc1S3(=O)=O. The smallest absolute Gasteiger partial charge is 0.210 e. The topological polar surface area (TPSA) is 52.0 Å². The van der Waals surface area contributed by atoms with Crippen molar-refractivity contribution in [3.05, 3.63) is 96.8 Å². The van der Waals surface area contributed by atoms with Gasteiger partial charge in [0.1, 0.15) is 5.82 Å². The Morgan fingerprint density at radius 1 is 0.735 bits per heavy atom. The van der Waals surface area contributed by atoms with Gasteiger partial charge < -0.3 is 0 Å². The summed E-state index contributed by atoms with van der Waals surface area (Å²) in [5, 5.41) is 4.56. The number of para-hydroxylation sites is 2. The first kappa shape index (κ1) is 19.5. The molecule has 0 atom stereocenters. The highest BCUT2D eigenvalue weighted by molar-refractivity contribution is 7.92. The van der Waals surface area contributed by atoms with Crippen molar-refractivity contribution in [2.45, 2.75) is 23.1 Å². The lowest BCUT2D eigenvalue weighted by Crippen LogP contribution is -2.17. The molecule has 0 radical (unpaired) electrons. The van der Waals surface area contributed by atoms with Gasteiger partial charge in [-0.15, -0.1) is 0 Å². The number of aromatic nitrogens is 2. The second-order valence-electron chi connectivity index (χ2n) is 8.69. The van der Waals surface area contributed by atoms with Crippen LogP contribution in [0.1, 0.15) is 12.7 Å². The van der Waals surface area contributed by atoms with E-state index in [0.29, 0.717) is 32.9 Å². The van der Waals surface area contributed by atoms with E-state index in [-0.39, 0.29) is 0 Å². The van der Waals surface area contributed by atoms with Crippen LogP contribution in [-0.4, -0.2) is 18.0 Å². The Labute approximate surface area is 197 Å². The lowest BCUT2D eigenvalue weighted by Gasteiger charge is -2.24. The number of nitrogens with zero attached hydrogens (tertiary/aromatic N) is 2. The molecule has 34 heavy (non-hydrogen) atoms. The van der Waals surface area contributed by atoms with Crippen molar-refractivity contribution in [2.24, 2.45) is 0 Å². The summed E-state index contributed by atoms with van der Waals surface area (Å²) in [5.74, 6) is 0.858. The Bertz CT molecular complexity index is 1920. The van der Waals surface area contributed by atoms with E-state index < -0.39 is 9.84 Å². The first-order valence-corrected chi connectivity index (χ1v) is 12.9. The third-order valence-corrected chi connectivity index (χ3v) is 8.70. The van der Waals surface area contributed by atoms with Gasteiger partial charge in [0.2, 0.25) is 9.84 Å². The molecule has 0 unspecified atom stereocenters. The van der Waals surface area contributed by atoms with Crippen molar-refractivity contribution in [1.82, 2.24) is 9.55 Å². The lowest BCUT2D eigenvalue weighted by atomic mass is 9.92. The summed E-state index contributed by atoms with van der Waals surface area (Å²) in [5.41, 5.74) is 3.99. The second kappa shape index (κ2) is 6.78. The Hall–Kier alpha value is -3.96. The maximum absolute atomic E-state index is 13.8. The molecule has 0 bridgehead atoms. The fraction of sp³-hybridized carbons (Fsp3) is 0.0690. The predicted octanol–water partition coefficient (Wildman–Crippen LogP) is 6.71. The zero-order chi connectivity index (χ0) is 23.0. The van der Waals surface area contributed by atoms with Crippen LogP contribution in [0.3, 0.4) is 0 Å². The third-order valence-electron chi connectivity index (χ3n) is 6.89. The average molecular weight is 461 g/mol. The molecule has 0 spiro atoms. The van der Waals surface area contributed by atoms with E-state index >= 15 is 0 Å². The minimum Gasteiger partial charge on any atom is -0.293 e. The molecule has 0 amide bonds. The number of rotatable bonds is 2. The number of fused-ring (bicyclic) bond motifs is 5. The highest BCUT2D eigenvalue weighted by Crippen LogP contribution is 2.45. The third kappa shape index (κ3) is 2.42. The number of sulfone groups is 1. The van der Waals surface area contributed by atoms with Crippen LogP contribution in [0.4, 0.5) is 0 Å². The van der Waals surface area contributed by atoms with E-state index in [2.05, 4.69) is 47.9 Å². The molecule has 0 saturated heterocycles. The van der Waals surface area contributed by atoms with Crippen LogP contribution in [0, 0.1) is 0 Å². The molecule has 5 heteroatoms. The van der Waals surface area contributed by atoms with Gasteiger partial charge in [-0.2, -0.15) is 0 Å². The molecular weight excluding hydrogens is 440 g/mol. The molecule has 164 valence electrons. The predicted molar refractivity (Wildman–Crippen MR) is 136 cm³/mol. The first-order valence-electron chi connectivity index (χ1n) is 11.4. The van der Waals surface area contributed by atoms with E-state index in [1.54, 1.807) is 18.2 Å². The van der Waals surface area contributed by atoms with Gasteiger partial charge in [-0.05, 0) is 51.4 Å². The molecule has 0 N–H and O–H groups in total. The van der Waals surface area contributed by atoms with Crippen molar-refractivity contribution < 1.29 is 8.42 Å². The summed E-state index contributed by atoms with van der Waals surface area (Å²) in [4.78, 5) is 5.47. The van der Waals surface area contributed by atoms with Crippen LogP contribution in [0.5, 0.6) is 0 Å². The standard InChI is InChI=1S/C29H20N2O2S/c1-2-27-30-24-14-8-16-26-29(24)31(27)28-22(13-7-15-25(28)34(26,32)33)23-17-18-9-3-4-10-19(18)20-11-5-6-12-21(20)23/h3-17H,2H2,1H3. The van der Waals surface area contributed by atoms with Gasteiger partial charge in [0.15, 0.2) is 0 Å². The number of hydrogen-bond acceptors (Lipinski definition) is 3. The maximum atomic E-state index is 13.8. The van der Waals surface area contributed by atoms with Crippen molar-refractivity contribution >= 4 is 42.4 Å². The number of hydrogen-bond donors (Lipinski definition) is 0. The molecule has 7 rings (SSSR count). The fourth-order valence-corrected chi connectivity index (χ4v) is 7.08. The molecule has 4 nitrogen and oxygen atoms in total. The van der Waals surface area contributed by atoms with Gasteiger partial charge in [0.05, 0.1) is 26.5 Å². The van der Waals surface area contributed by atoms with Gasteiger partial charge in [-0.1, -0.05) is 73.7 Å². The number of benzene rings is 5. The normalized spacial score (nSPS) is 14.0. The lowest BCUT2D eigenvalue weighted by molar-refractivity contribution is 0.594. The van der Waals surface area contributed by atoms with E-state index in [9.17, 15) is 8.42 Å². The van der Waals surface area contributed by atoms with E-state index in [1.165, 1.54) is 5.39 Å². The monoisotopic (exact) mass is 460 g/mol. The highest BCUT2D eigenvalue weighted by atomic mass is 32.2. The highest BCUT2D eigenvalue weighted by Gasteiger charge is 2.34. The van der Waals surface area contributed by atoms with Crippen LogP contribution >= 0.6 is 0 Å². The Morgan fingerprint density at radius 2 is 1.44 bits per heavy atom. The van der Waals surface area contributed by atoms with Crippen LogP contribution in [0.15, 0.2) is 101 Å². The summed E-state index contributed by atoms with van der Waals surface area (Å²) in [7, 11) is -3.69. The molecular formula is C29H20N2O2S. The van der Waals surface area contributed by atoms with Gasteiger partial charge in [-0.25, -0.2) is 13.4 Å². The molecule has 0 aliphatic carbocycles. The van der Waals surface area contributed by atoms with Crippen molar-refractivity contribution in [3.63, 3.8) is 0 Å². The Morgan fingerprint density at radius 3 is 2.26 bits per heavy atom. The summed E-state index contributed by atoms with van der Waals surface area (Å²) >= 11 is 0. The van der Waals surface area contributed by atoms with Gasteiger partial charge in [-0.3, -0.25) is 4.57 Å². The van der Waals surface area contributed by atoms with Crippen molar-refractivity contribution in [3.8, 4) is 16.8 Å². The van der Waals surface area contributed by atoms with Crippen LogP contribution in [0.2, 0.25) is 0 Å². The Balaban J connectivity index is 1.70. The number of aryl methyl sites for hydroxylation is 1. The van der Waals surface area contributed by atoms with Crippen LogP contribution in [-0.2, 0) is 16.3 Å². The summed E-state index contributed by atoms with van der Waals surface area (Å²) in [6.07, 6.45) is 0.695. The van der Waals surface area contributed by atoms with Crippen LogP contribution in [0.25, 0.3) is 49.4 Å². The molecule has 0 fully saturated rings. The van der Waals surface area contributed by atoms with E-state index in [4.69, 9.17) is 4.98 Å². The fourth-order valence-electron chi connectivity index (χ4n) is 5.42. The minimum absolute atomic E-state index is 0.324. The zero-order valence-electron chi connectivity index (χ0n) is 18.5. The summed E-state index contributed by atoms with van der Waals surface area (Å²) < 4.78 is 29.7. The van der Waals surface area contributed by atoms with Gasteiger partial charge in [0.25, 0.3) is 0 Å². The van der Waals surface area contributed by atoms with E-state index in [0.717, 1.165) is 33.1 Å². The molecule has 1 aromatic heterocycles. The summed E-state index contributed by atoms with van der Waals surface area (Å²) in [6.45, 7) is 2.06. The molecule has 1 aliphatic rings. The van der Waals surface area contributed by atoms with E-state index in [1.807, 2.05) is 36.4 Å². The van der Waals surface area contributed by atoms with Crippen LogP contribution < -0.4 is 0 Å². The molecule has 1 aliphatic heterocycles. The quantitative estimate of drug-likeness (QED) is 0.270. The molecule has 0 saturated carbocycles. The molecule has 2 heterocycles. The molecule has 5 aromatic carbocycles.